The lowest BCUT2D eigenvalue weighted by Gasteiger charge is -2.04. The Hall–Kier alpha value is -0.440. The van der Waals surface area contributed by atoms with Crippen LogP contribution in [0.4, 0.5) is 0 Å². The first-order valence-corrected chi connectivity index (χ1v) is 12.3. The van der Waals surface area contributed by atoms with Crippen molar-refractivity contribution >= 4 is 17.7 Å². The van der Waals surface area contributed by atoms with Gasteiger partial charge in [-0.1, -0.05) is 110 Å². The monoisotopic (exact) mass is 384 g/mol. The van der Waals surface area contributed by atoms with Crippen molar-refractivity contribution in [2.24, 2.45) is 0 Å². The molecule has 0 N–H and O–H groups in total. The van der Waals surface area contributed by atoms with E-state index in [-0.39, 0.29) is 5.97 Å². The second-order valence-electron chi connectivity index (χ2n) is 7.29. The van der Waals surface area contributed by atoms with Crippen LogP contribution in [0.1, 0.15) is 110 Å². The summed E-state index contributed by atoms with van der Waals surface area (Å²) in [6.45, 7) is 6.18. The number of ether oxygens (including phenoxy) is 1. The number of hydrogen-bond acceptors (Lipinski definition) is 3. The number of hydrogen-bond donors (Lipinski definition) is 0. The van der Waals surface area contributed by atoms with Crippen LogP contribution in [0.5, 0.6) is 0 Å². The minimum absolute atomic E-state index is 0.312. The molecule has 0 aromatic heterocycles. The van der Waals surface area contributed by atoms with Gasteiger partial charge in [-0.2, -0.15) is 11.8 Å². The molecule has 0 fully saturated rings. The minimum Gasteiger partial charge on any atom is -0.462 e. The van der Waals surface area contributed by atoms with E-state index in [1.807, 2.05) is 11.8 Å². The Labute approximate surface area is 167 Å². The van der Waals surface area contributed by atoms with Crippen LogP contribution < -0.4 is 0 Å². The molecule has 0 saturated heterocycles. The zero-order chi connectivity index (χ0) is 19.1. The molecule has 0 spiro atoms. The lowest BCUT2D eigenvalue weighted by Crippen LogP contribution is -2.03. The Balaban J connectivity index is 3.01. The van der Waals surface area contributed by atoms with Crippen molar-refractivity contribution in [2.45, 2.75) is 110 Å². The first-order chi connectivity index (χ1) is 12.8. The van der Waals surface area contributed by atoms with Crippen molar-refractivity contribution < 1.29 is 9.53 Å². The number of unbranched alkanes of at least 4 members (excludes halogenated alkanes) is 15. The summed E-state index contributed by atoms with van der Waals surface area (Å²) in [6, 6.07) is 0. The molecule has 0 atom stereocenters. The molecule has 0 aromatic carbocycles. The molecule has 0 aliphatic carbocycles. The highest BCUT2D eigenvalue weighted by Gasteiger charge is 1.97. The van der Waals surface area contributed by atoms with E-state index in [2.05, 4.69) is 13.5 Å². The van der Waals surface area contributed by atoms with E-state index in [1.54, 1.807) is 0 Å². The zero-order valence-electron chi connectivity index (χ0n) is 17.4. The van der Waals surface area contributed by atoms with Gasteiger partial charge in [0.05, 0.1) is 0 Å². The van der Waals surface area contributed by atoms with Crippen molar-refractivity contribution in [3.63, 3.8) is 0 Å². The molecule has 0 radical (unpaired) electrons. The number of thioether (sulfide) groups is 1. The number of carbonyl (C=O) groups is 1. The summed E-state index contributed by atoms with van der Waals surface area (Å²) in [6.07, 6.45) is 23.9. The molecule has 0 aliphatic heterocycles. The van der Waals surface area contributed by atoms with E-state index in [0.29, 0.717) is 6.61 Å². The van der Waals surface area contributed by atoms with E-state index >= 15 is 0 Å². The highest BCUT2D eigenvalue weighted by molar-refractivity contribution is 7.99. The van der Waals surface area contributed by atoms with Gasteiger partial charge in [-0.15, -0.1) is 0 Å². The maximum atomic E-state index is 10.9. The van der Waals surface area contributed by atoms with E-state index in [4.69, 9.17) is 4.74 Å². The normalized spacial score (nSPS) is 10.8. The fraction of sp³-hybridized carbons (Fsp3) is 0.870. The molecule has 26 heavy (non-hydrogen) atoms. The van der Waals surface area contributed by atoms with Crippen molar-refractivity contribution in [1.82, 2.24) is 0 Å². The summed E-state index contributed by atoms with van der Waals surface area (Å²) in [5.74, 6) is 1.77. The smallest absolute Gasteiger partial charge is 0.330 e. The Bertz CT molecular complexity index is 305. The lowest BCUT2D eigenvalue weighted by atomic mass is 10.0. The third-order valence-corrected chi connectivity index (χ3v) is 5.81. The molecule has 0 unspecified atom stereocenters. The highest BCUT2D eigenvalue weighted by atomic mass is 32.2. The molecule has 2 nitrogen and oxygen atoms in total. The zero-order valence-corrected chi connectivity index (χ0v) is 18.3. The average molecular weight is 385 g/mol. The molecule has 0 heterocycles. The minimum atomic E-state index is -0.312. The largest absolute Gasteiger partial charge is 0.462 e. The highest BCUT2D eigenvalue weighted by Crippen LogP contribution is 2.14. The van der Waals surface area contributed by atoms with Crippen LogP contribution in [0.2, 0.25) is 0 Å². The summed E-state index contributed by atoms with van der Waals surface area (Å²) in [7, 11) is 0. The summed E-state index contributed by atoms with van der Waals surface area (Å²) >= 11 is 1.88. The van der Waals surface area contributed by atoms with Crippen LogP contribution in [-0.4, -0.2) is 24.1 Å². The lowest BCUT2D eigenvalue weighted by molar-refractivity contribution is -0.137. The summed E-state index contributed by atoms with van der Waals surface area (Å²) in [5.41, 5.74) is 0. The van der Waals surface area contributed by atoms with Crippen molar-refractivity contribution in [3.8, 4) is 0 Å². The molecule has 0 bridgehead atoms. The predicted octanol–water partition coefficient (Wildman–Crippen LogP) is 7.71. The fourth-order valence-corrected chi connectivity index (χ4v) is 3.93. The van der Waals surface area contributed by atoms with Crippen molar-refractivity contribution in [1.29, 1.82) is 0 Å². The van der Waals surface area contributed by atoms with Crippen LogP contribution in [-0.2, 0) is 9.53 Å². The van der Waals surface area contributed by atoms with Gasteiger partial charge >= 0.3 is 5.97 Å². The summed E-state index contributed by atoms with van der Waals surface area (Å²) in [5, 5.41) is 0. The van der Waals surface area contributed by atoms with Gasteiger partial charge in [-0.3, -0.25) is 0 Å². The van der Waals surface area contributed by atoms with Crippen LogP contribution in [0.25, 0.3) is 0 Å². The summed E-state index contributed by atoms with van der Waals surface area (Å²) in [4.78, 5) is 10.9. The summed E-state index contributed by atoms with van der Waals surface area (Å²) < 4.78 is 4.95. The first kappa shape index (κ1) is 25.6. The Morgan fingerprint density at radius 3 is 1.58 bits per heavy atom. The molecule has 3 heteroatoms. The quantitative estimate of drug-likeness (QED) is 0.115. The standard InChI is InChI=1S/C23H44O2S/c1-3-5-6-7-8-9-10-11-12-13-14-15-16-17-18-19-21-26-22-20-25-23(24)4-2/h4H,2-3,5-22H2,1H3. The third-order valence-electron chi connectivity index (χ3n) is 4.78. The van der Waals surface area contributed by atoms with E-state index in [9.17, 15) is 4.79 Å². The third kappa shape index (κ3) is 21.6. The van der Waals surface area contributed by atoms with E-state index < -0.39 is 0 Å². The number of rotatable bonds is 21. The maximum Gasteiger partial charge on any atom is 0.330 e. The second-order valence-corrected chi connectivity index (χ2v) is 8.51. The molecular formula is C23H44O2S. The van der Waals surface area contributed by atoms with Gasteiger partial charge < -0.3 is 4.74 Å². The maximum absolute atomic E-state index is 10.9. The number of carbonyl (C=O) groups excluding carboxylic acids is 1. The van der Waals surface area contributed by atoms with Gasteiger partial charge in [-0.05, 0) is 12.2 Å². The van der Waals surface area contributed by atoms with Crippen molar-refractivity contribution in [3.05, 3.63) is 12.7 Å². The van der Waals surface area contributed by atoms with Gasteiger partial charge in [-0.25, -0.2) is 4.79 Å². The van der Waals surface area contributed by atoms with Gasteiger partial charge in [0, 0.05) is 11.8 Å². The Morgan fingerprint density at radius 2 is 1.15 bits per heavy atom. The first-order valence-electron chi connectivity index (χ1n) is 11.2. The molecule has 0 aromatic rings. The topological polar surface area (TPSA) is 26.3 Å². The molecule has 0 saturated carbocycles. The Morgan fingerprint density at radius 1 is 0.731 bits per heavy atom. The van der Waals surface area contributed by atoms with Crippen LogP contribution in [0.3, 0.4) is 0 Å². The van der Waals surface area contributed by atoms with E-state index in [1.165, 1.54) is 115 Å². The van der Waals surface area contributed by atoms with Gasteiger partial charge in [0.15, 0.2) is 0 Å². The Kier molecular flexibility index (Phi) is 22.2. The van der Waals surface area contributed by atoms with Crippen LogP contribution >= 0.6 is 11.8 Å². The number of esters is 1. The second kappa shape index (κ2) is 22.6. The molecular weight excluding hydrogens is 340 g/mol. The average Bonchev–Trinajstić information content (AvgIpc) is 2.66. The van der Waals surface area contributed by atoms with Crippen molar-refractivity contribution in [2.75, 3.05) is 18.1 Å². The molecule has 0 rings (SSSR count). The van der Waals surface area contributed by atoms with Gasteiger partial charge in [0.2, 0.25) is 0 Å². The SMILES string of the molecule is C=CC(=O)OCCSCCCCCCCCCCCCCCCCCC. The van der Waals surface area contributed by atoms with Crippen LogP contribution in [0.15, 0.2) is 12.7 Å². The van der Waals surface area contributed by atoms with Gasteiger partial charge in [0.1, 0.15) is 6.61 Å². The van der Waals surface area contributed by atoms with E-state index in [0.717, 1.165) is 5.75 Å². The van der Waals surface area contributed by atoms with Crippen LogP contribution in [0, 0.1) is 0 Å². The fourth-order valence-electron chi connectivity index (χ4n) is 3.11. The van der Waals surface area contributed by atoms with Gasteiger partial charge in [0.25, 0.3) is 0 Å². The molecule has 154 valence electrons. The molecule has 0 amide bonds. The predicted molar refractivity (Wildman–Crippen MR) is 118 cm³/mol. The molecule has 0 aliphatic rings.